The zero-order chi connectivity index (χ0) is 13.1. The summed E-state index contributed by atoms with van der Waals surface area (Å²) >= 11 is 0. The molecule has 0 aliphatic carbocycles. The van der Waals surface area contributed by atoms with E-state index in [4.69, 9.17) is 9.47 Å². The van der Waals surface area contributed by atoms with Crippen molar-refractivity contribution in [2.24, 2.45) is 5.41 Å². The van der Waals surface area contributed by atoms with E-state index in [9.17, 15) is 0 Å². The lowest BCUT2D eigenvalue weighted by atomic mass is 9.80. The maximum Gasteiger partial charge on any atom is 0.0553 e. The molecular formula is C15H26O2. The van der Waals surface area contributed by atoms with E-state index in [0.29, 0.717) is 13.2 Å². The van der Waals surface area contributed by atoms with Crippen LogP contribution in [-0.4, -0.2) is 27.4 Å². The van der Waals surface area contributed by atoms with Crippen LogP contribution in [0.3, 0.4) is 0 Å². The second kappa shape index (κ2) is 9.27. The summed E-state index contributed by atoms with van der Waals surface area (Å²) in [7, 11) is 3.45. The summed E-state index contributed by atoms with van der Waals surface area (Å²) in [4.78, 5) is 0. The number of ether oxygens (including phenoxy) is 2. The lowest BCUT2D eigenvalue weighted by molar-refractivity contribution is 0.0134. The van der Waals surface area contributed by atoms with Crippen molar-refractivity contribution >= 4 is 0 Å². The molecule has 0 spiro atoms. The number of hydrogen-bond donors (Lipinski definition) is 0. The van der Waals surface area contributed by atoms with Crippen molar-refractivity contribution in [2.75, 3.05) is 27.4 Å². The molecule has 0 atom stereocenters. The third-order valence-corrected chi connectivity index (χ3v) is 2.54. The smallest absolute Gasteiger partial charge is 0.0553 e. The van der Waals surface area contributed by atoms with Gasteiger partial charge in [0.05, 0.1) is 13.2 Å². The molecule has 0 saturated heterocycles. The zero-order valence-electron chi connectivity index (χ0n) is 11.8. The summed E-state index contributed by atoms with van der Waals surface area (Å²) in [6.45, 7) is 9.49. The molecule has 0 saturated carbocycles. The van der Waals surface area contributed by atoms with Crippen LogP contribution in [0, 0.1) is 17.3 Å². The Kier molecular flexibility index (Phi) is 8.85. The van der Waals surface area contributed by atoms with Gasteiger partial charge in [-0.3, -0.25) is 0 Å². The molecule has 0 fully saturated rings. The van der Waals surface area contributed by atoms with E-state index in [2.05, 4.69) is 25.3 Å². The first-order valence-corrected chi connectivity index (χ1v) is 6.18. The summed E-state index contributed by atoms with van der Waals surface area (Å²) in [5.74, 6) is 6.44. The molecule has 2 nitrogen and oxygen atoms in total. The summed E-state index contributed by atoms with van der Waals surface area (Å²) < 4.78 is 10.7. The second-order valence-electron chi connectivity index (χ2n) is 4.78. The number of allylic oxidation sites excluding steroid dienone is 1. The zero-order valence-corrected chi connectivity index (χ0v) is 11.8. The minimum Gasteiger partial charge on any atom is -0.384 e. The molecule has 0 radical (unpaired) electrons. The molecule has 0 unspecified atom stereocenters. The van der Waals surface area contributed by atoms with Gasteiger partial charge in [-0.05, 0) is 19.8 Å². The van der Waals surface area contributed by atoms with Gasteiger partial charge in [0.25, 0.3) is 0 Å². The van der Waals surface area contributed by atoms with E-state index >= 15 is 0 Å². The average molecular weight is 238 g/mol. The molecule has 0 aromatic heterocycles. The predicted molar refractivity (Wildman–Crippen MR) is 72.9 cm³/mol. The highest BCUT2D eigenvalue weighted by atomic mass is 16.5. The van der Waals surface area contributed by atoms with Crippen LogP contribution in [0.5, 0.6) is 0 Å². The van der Waals surface area contributed by atoms with Crippen molar-refractivity contribution in [1.82, 2.24) is 0 Å². The standard InChI is InChI=1S/C15H26O2/c1-6-7-8-9-10-15(12-16-4,13-17-5)11-14(2)3/h2,6-7,10-13H2,1,3-5H3. The van der Waals surface area contributed by atoms with E-state index in [1.807, 2.05) is 6.92 Å². The Hall–Kier alpha value is -0.780. The lowest BCUT2D eigenvalue weighted by Crippen LogP contribution is -2.31. The fourth-order valence-electron chi connectivity index (χ4n) is 2.02. The molecule has 0 bridgehead atoms. The molecule has 98 valence electrons. The summed E-state index contributed by atoms with van der Waals surface area (Å²) in [5, 5.41) is 0. The van der Waals surface area contributed by atoms with Gasteiger partial charge in [-0.25, -0.2) is 0 Å². The first-order chi connectivity index (χ1) is 8.10. The molecular weight excluding hydrogens is 212 g/mol. The second-order valence-corrected chi connectivity index (χ2v) is 4.78. The van der Waals surface area contributed by atoms with Crippen LogP contribution in [0.1, 0.15) is 39.5 Å². The van der Waals surface area contributed by atoms with Crippen LogP contribution >= 0.6 is 0 Å². The minimum atomic E-state index is -0.0456. The van der Waals surface area contributed by atoms with Crippen LogP contribution in [0.4, 0.5) is 0 Å². The van der Waals surface area contributed by atoms with Gasteiger partial charge in [0.1, 0.15) is 0 Å². The molecule has 0 aliphatic rings. The topological polar surface area (TPSA) is 18.5 Å². The normalized spacial score (nSPS) is 10.8. The Morgan fingerprint density at radius 3 is 2.18 bits per heavy atom. The molecule has 0 amide bonds. The lowest BCUT2D eigenvalue weighted by Gasteiger charge is -2.30. The van der Waals surface area contributed by atoms with Crippen molar-refractivity contribution in [2.45, 2.75) is 39.5 Å². The maximum atomic E-state index is 5.33. The van der Waals surface area contributed by atoms with E-state index in [1.54, 1.807) is 14.2 Å². The third-order valence-electron chi connectivity index (χ3n) is 2.54. The van der Waals surface area contributed by atoms with E-state index in [0.717, 1.165) is 31.3 Å². The Bertz CT molecular complexity index is 264. The quantitative estimate of drug-likeness (QED) is 0.476. The monoisotopic (exact) mass is 238 g/mol. The van der Waals surface area contributed by atoms with Gasteiger partial charge in [-0.2, -0.15) is 0 Å². The molecule has 0 heterocycles. The van der Waals surface area contributed by atoms with Gasteiger partial charge < -0.3 is 9.47 Å². The average Bonchev–Trinajstić information content (AvgIpc) is 2.24. The molecule has 0 N–H and O–H groups in total. The van der Waals surface area contributed by atoms with Gasteiger partial charge in [-0.1, -0.05) is 12.5 Å². The molecule has 2 heteroatoms. The Balaban J connectivity index is 4.65. The van der Waals surface area contributed by atoms with Gasteiger partial charge in [0.15, 0.2) is 0 Å². The number of rotatable bonds is 8. The molecule has 0 aromatic carbocycles. The molecule has 17 heavy (non-hydrogen) atoms. The molecule has 0 rings (SSSR count). The molecule has 0 aliphatic heterocycles. The Labute approximate surface area is 106 Å². The first kappa shape index (κ1) is 16.2. The largest absolute Gasteiger partial charge is 0.384 e. The third kappa shape index (κ3) is 7.20. The fraction of sp³-hybridized carbons (Fsp3) is 0.733. The molecule has 0 aromatic rings. The van der Waals surface area contributed by atoms with Crippen molar-refractivity contribution in [3.05, 3.63) is 12.2 Å². The number of methoxy groups -OCH3 is 2. The summed E-state index contributed by atoms with van der Waals surface area (Å²) in [6.07, 6.45) is 3.77. The van der Waals surface area contributed by atoms with E-state index in [1.165, 1.54) is 0 Å². The highest BCUT2D eigenvalue weighted by molar-refractivity contribution is 5.07. The van der Waals surface area contributed by atoms with E-state index < -0.39 is 0 Å². The van der Waals surface area contributed by atoms with Crippen LogP contribution in [0.15, 0.2) is 12.2 Å². The van der Waals surface area contributed by atoms with Gasteiger partial charge in [0.2, 0.25) is 0 Å². The van der Waals surface area contributed by atoms with Crippen molar-refractivity contribution < 1.29 is 9.47 Å². The maximum absolute atomic E-state index is 5.33. The number of unbranched alkanes of at least 4 members (excludes halogenated alkanes) is 1. The fourth-order valence-corrected chi connectivity index (χ4v) is 2.02. The Morgan fingerprint density at radius 2 is 1.76 bits per heavy atom. The Morgan fingerprint density at radius 1 is 1.18 bits per heavy atom. The van der Waals surface area contributed by atoms with Crippen LogP contribution in [0.25, 0.3) is 0 Å². The van der Waals surface area contributed by atoms with Crippen LogP contribution < -0.4 is 0 Å². The van der Waals surface area contributed by atoms with Gasteiger partial charge in [0, 0.05) is 32.5 Å². The van der Waals surface area contributed by atoms with E-state index in [-0.39, 0.29) is 5.41 Å². The van der Waals surface area contributed by atoms with Crippen LogP contribution in [-0.2, 0) is 9.47 Å². The SMILES string of the molecule is C=C(C)CC(CC#CCCC)(COC)COC. The number of hydrogen-bond acceptors (Lipinski definition) is 2. The summed E-state index contributed by atoms with van der Waals surface area (Å²) in [5.41, 5.74) is 1.10. The predicted octanol–water partition coefficient (Wildman–Crippen LogP) is 3.43. The highest BCUT2D eigenvalue weighted by Crippen LogP contribution is 2.30. The van der Waals surface area contributed by atoms with Crippen LogP contribution in [0.2, 0.25) is 0 Å². The highest BCUT2D eigenvalue weighted by Gasteiger charge is 2.29. The van der Waals surface area contributed by atoms with Crippen molar-refractivity contribution in [3.8, 4) is 11.8 Å². The van der Waals surface area contributed by atoms with Crippen molar-refractivity contribution in [1.29, 1.82) is 0 Å². The van der Waals surface area contributed by atoms with Gasteiger partial charge in [-0.15, -0.1) is 18.4 Å². The van der Waals surface area contributed by atoms with Crippen molar-refractivity contribution in [3.63, 3.8) is 0 Å². The minimum absolute atomic E-state index is 0.0456. The van der Waals surface area contributed by atoms with Gasteiger partial charge >= 0.3 is 0 Å². The summed E-state index contributed by atoms with van der Waals surface area (Å²) in [6, 6.07) is 0. The first-order valence-electron chi connectivity index (χ1n) is 6.18.